The van der Waals surface area contributed by atoms with Crippen LogP contribution in [0, 0.1) is 6.92 Å². The van der Waals surface area contributed by atoms with Crippen LogP contribution in [0.15, 0.2) is 12.1 Å². The molecule has 0 spiro atoms. The summed E-state index contributed by atoms with van der Waals surface area (Å²) in [6.45, 7) is 1.85. The highest BCUT2D eigenvalue weighted by molar-refractivity contribution is 6.34. The summed E-state index contributed by atoms with van der Waals surface area (Å²) in [4.78, 5) is 15.8. The quantitative estimate of drug-likeness (QED) is 0.875. The van der Waals surface area contributed by atoms with E-state index >= 15 is 0 Å². The number of amides is 1. The van der Waals surface area contributed by atoms with Gasteiger partial charge in [0.25, 0.3) is 5.91 Å². The summed E-state index contributed by atoms with van der Waals surface area (Å²) in [6.07, 6.45) is 0. The summed E-state index contributed by atoms with van der Waals surface area (Å²) >= 11 is 6.05. The largest absolute Gasteiger partial charge is 0.454 e. The van der Waals surface area contributed by atoms with Gasteiger partial charge in [-0.1, -0.05) is 11.6 Å². The van der Waals surface area contributed by atoms with Crippen LogP contribution in [-0.2, 0) is 0 Å². The molecule has 2 N–H and O–H groups in total. The molecule has 19 heavy (non-hydrogen) atoms. The Morgan fingerprint density at radius 1 is 1.42 bits per heavy atom. The number of hydrogen-bond acceptors (Lipinski definition) is 5. The third kappa shape index (κ3) is 2.19. The van der Waals surface area contributed by atoms with Gasteiger partial charge in [0.1, 0.15) is 5.82 Å². The number of anilines is 1. The number of aromatic amines is 1. The van der Waals surface area contributed by atoms with Gasteiger partial charge in [-0.15, -0.1) is 5.10 Å². The summed E-state index contributed by atoms with van der Waals surface area (Å²) < 4.78 is 10.4. The third-order valence-corrected chi connectivity index (χ3v) is 2.82. The van der Waals surface area contributed by atoms with Crippen molar-refractivity contribution < 1.29 is 14.3 Å². The van der Waals surface area contributed by atoms with Crippen molar-refractivity contribution in [2.24, 2.45) is 0 Å². The van der Waals surface area contributed by atoms with Crippen LogP contribution in [0.5, 0.6) is 11.5 Å². The zero-order valence-electron chi connectivity index (χ0n) is 9.86. The molecule has 2 aromatic rings. The summed E-state index contributed by atoms with van der Waals surface area (Å²) in [5.74, 6) is 1.24. The molecule has 1 aromatic heterocycles. The Kier molecular flexibility index (Phi) is 2.75. The van der Waals surface area contributed by atoms with Crippen molar-refractivity contribution in [3.63, 3.8) is 0 Å². The molecule has 0 radical (unpaired) electrons. The first-order valence-electron chi connectivity index (χ1n) is 5.43. The molecular weight excluding hydrogens is 272 g/mol. The lowest BCUT2D eigenvalue weighted by atomic mass is 10.2. The first-order chi connectivity index (χ1) is 9.13. The molecule has 0 aliphatic carbocycles. The predicted molar refractivity (Wildman–Crippen MR) is 66.6 cm³/mol. The van der Waals surface area contributed by atoms with E-state index in [4.69, 9.17) is 21.1 Å². The smallest absolute Gasteiger partial charge is 0.295 e. The number of aromatic nitrogens is 3. The Hall–Kier alpha value is -2.28. The number of hydrogen-bond donors (Lipinski definition) is 2. The van der Waals surface area contributed by atoms with Crippen LogP contribution in [0.2, 0.25) is 5.02 Å². The highest BCUT2D eigenvalue weighted by Gasteiger charge is 2.19. The van der Waals surface area contributed by atoms with E-state index in [9.17, 15) is 4.79 Å². The number of carbonyl (C=O) groups excluding carboxylic acids is 1. The number of ether oxygens (including phenoxy) is 2. The standard InChI is InChI=1S/C11H9ClN4O3/c1-5-13-10(16-15-5)11(17)14-7-3-9-8(2-6(7)12)18-4-19-9/h2-3H,4H2,1H3,(H,14,17)(H,13,15,16). The first kappa shape index (κ1) is 11.8. The number of fused-ring (bicyclic) bond motifs is 1. The van der Waals surface area contributed by atoms with Gasteiger partial charge in [-0.3, -0.25) is 9.89 Å². The molecule has 3 rings (SSSR count). The SMILES string of the molecule is Cc1nc(C(=O)Nc2cc3c(cc2Cl)OCO3)n[nH]1. The van der Waals surface area contributed by atoms with Crippen molar-refractivity contribution in [1.82, 2.24) is 15.2 Å². The van der Waals surface area contributed by atoms with E-state index in [0.717, 1.165) is 0 Å². The number of rotatable bonds is 2. The lowest BCUT2D eigenvalue weighted by Crippen LogP contribution is -2.14. The van der Waals surface area contributed by atoms with Crippen LogP contribution in [0.1, 0.15) is 16.4 Å². The highest BCUT2D eigenvalue weighted by atomic mass is 35.5. The Morgan fingerprint density at radius 3 is 2.84 bits per heavy atom. The van der Waals surface area contributed by atoms with Gasteiger partial charge in [-0.25, -0.2) is 4.98 Å². The Morgan fingerprint density at radius 2 is 2.16 bits per heavy atom. The molecule has 0 atom stereocenters. The minimum absolute atomic E-state index is 0.0474. The molecule has 2 heterocycles. The lowest BCUT2D eigenvalue weighted by Gasteiger charge is -2.06. The summed E-state index contributed by atoms with van der Waals surface area (Å²) in [7, 11) is 0. The maximum absolute atomic E-state index is 11.9. The maximum Gasteiger partial charge on any atom is 0.295 e. The van der Waals surface area contributed by atoms with Crippen LogP contribution in [0.3, 0.4) is 0 Å². The molecule has 98 valence electrons. The number of halogens is 1. The van der Waals surface area contributed by atoms with Gasteiger partial charge in [0.2, 0.25) is 12.6 Å². The molecule has 0 bridgehead atoms. The van der Waals surface area contributed by atoms with Crippen LogP contribution >= 0.6 is 11.6 Å². The number of nitrogens with zero attached hydrogens (tertiary/aromatic N) is 2. The summed E-state index contributed by atoms with van der Waals surface area (Å²) in [5, 5.41) is 9.33. The normalized spacial score (nSPS) is 12.5. The van der Waals surface area contributed by atoms with Gasteiger partial charge in [-0.2, -0.15) is 0 Å². The molecular formula is C11H9ClN4O3. The second-order valence-electron chi connectivity index (χ2n) is 3.88. The summed E-state index contributed by atoms with van der Waals surface area (Å²) in [6, 6.07) is 3.19. The van der Waals surface area contributed by atoms with E-state index in [0.29, 0.717) is 28.0 Å². The number of nitrogens with one attached hydrogen (secondary N) is 2. The maximum atomic E-state index is 11.9. The Balaban J connectivity index is 1.85. The molecule has 0 saturated carbocycles. The van der Waals surface area contributed by atoms with Gasteiger partial charge in [0, 0.05) is 12.1 Å². The van der Waals surface area contributed by atoms with Crippen LogP contribution < -0.4 is 14.8 Å². The second kappa shape index (κ2) is 4.43. The highest BCUT2D eigenvalue weighted by Crippen LogP contribution is 2.39. The topological polar surface area (TPSA) is 89.1 Å². The van der Waals surface area contributed by atoms with Gasteiger partial charge >= 0.3 is 0 Å². The van der Waals surface area contributed by atoms with Crippen LogP contribution in [0.25, 0.3) is 0 Å². The number of H-pyrrole nitrogens is 1. The predicted octanol–water partition coefficient (Wildman–Crippen LogP) is 1.75. The average Bonchev–Trinajstić information content (AvgIpc) is 2.98. The van der Waals surface area contributed by atoms with E-state index in [1.54, 1.807) is 19.1 Å². The van der Waals surface area contributed by atoms with Gasteiger partial charge in [0.15, 0.2) is 11.5 Å². The molecule has 8 heteroatoms. The fraction of sp³-hybridized carbons (Fsp3) is 0.182. The van der Waals surface area contributed by atoms with E-state index in [-0.39, 0.29) is 12.6 Å². The van der Waals surface area contributed by atoms with Gasteiger partial charge in [-0.05, 0) is 6.92 Å². The molecule has 7 nitrogen and oxygen atoms in total. The van der Waals surface area contributed by atoms with Crippen LogP contribution in [-0.4, -0.2) is 27.9 Å². The molecule has 1 aliphatic heterocycles. The van der Waals surface area contributed by atoms with Crippen molar-refractivity contribution in [1.29, 1.82) is 0 Å². The van der Waals surface area contributed by atoms with E-state index < -0.39 is 5.91 Å². The Labute approximate surface area is 112 Å². The second-order valence-corrected chi connectivity index (χ2v) is 4.29. The van der Waals surface area contributed by atoms with Gasteiger partial charge in [0.05, 0.1) is 10.7 Å². The average molecular weight is 281 g/mol. The zero-order chi connectivity index (χ0) is 13.4. The number of benzene rings is 1. The van der Waals surface area contributed by atoms with Crippen molar-refractivity contribution in [3.8, 4) is 11.5 Å². The van der Waals surface area contributed by atoms with E-state index in [2.05, 4.69) is 20.5 Å². The zero-order valence-corrected chi connectivity index (χ0v) is 10.6. The van der Waals surface area contributed by atoms with Crippen molar-refractivity contribution in [3.05, 3.63) is 28.8 Å². The van der Waals surface area contributed by atoms with Crippen LogP contribution in [0.4, 0.5) is 5.69 Å². The third-order valence-electron chi connectivity index (χ3n) is 2.51. The molecule has 0 fully saturated rings. The Bertz CT molecular complexity index is 655. The lowest BCUT2D eigenvalue weighted by molar-refractivity contribution is 0.101. The first-order valence-corrected chi connectivity index (χ1v) is 5.81. The number of carbonyl (C=O) groups is 1. The van der Waals surface area contributed by atoms with Gasteiger partial charge < -0.3 is 14.8 Å². The molecule has 1 aliphatic rings. The fourth-order valence-corrected chi connectivity index (χ4v) is 1.84. The van der Waals surface area contributed by atoms with E-state index in [1.807, 2.05) is 0 Å². The monoisotopic (exact) mass is 280 g/mol. The molecule has 0 unspecified atom stereocenters. The van der Waals surface area contributed by atoms with Crippen molar-refractivity contribution in [2.45, 2.75) is 6.92 Å². The van der Waals surface area contributed by atoms with Crippen molar-refractivity contribution in [2.75, 3.05) is 12.1 Å². The van der Waals surface area contributed by atoms with E-state index in [1.165, 1.54) is 0 Å². The fourth-order valence-electron chi connectivity index (χ4n) is 1.64. The molecule has 1 aromatic carbocycles. The molecule has 0 saturated heterocycles. The van der Waals surface area contributed by atoms with Crippen molar-refractivity contribution >= 4 is 23.2 Å². The minimum atomic E-state index is -0.454. The minimum Gasteiger partial charge on any atom is -0.454 e. The molecule has 1 amide bonds. The summed E-state index contributed by atoms with van der Waals surface area (Å²) in [5.41, 5.74) is 0.415. The number of aryl methyl sites for hydroxylation is 1.